The number of hydrogen-bond donors (Lipinski definition) is 2. The van der Waals surface area contributed by atoms with Crippen LogP contribution in [0, 0.1) is 0 Å². The Bertz CT molecular complexity index is 781. The molecule has 1 saturated heterocycles. The predicted octanol–water partition coefficient (Wildman–Crippen LogP) is 2.74. The van der Waals surface area contributed by atoms with Crippen molar-refractivity contribution in [1.82, 2.24) is 9.88 Å². The second kappa shape index (κ2) is 9.55. The number of nitrogens with zero attached hydrogens (tertiary/aromatic N) is 2. The van der Waals surface area contributed by atoms with E-state index in [9.17, 15) is 4.79 Å². The van der Waals surface area contributed by atoms with Crippen LogP contribution in [-0.2, 0) is 4.74 Å². The molecular formula is C19H23ClN4O3. The molecule has 2 heterocycles. The van der Waals surface area contributed by atoms with Crippen LogP contribution in [0.15, 0.2) is 36.5 Å². The fraction of sp³-hybridized carbons (Fsp3) is 0.368. The topological polar surface area (TPSA) is 75.7 Å². The van der Waals surface area contributed by atoms with Crippen LogP contribution >= 0.6 is 11.6 Å². The van der Waals surface area contributed by atoms with E-state index >= 15 is 0 Å². The summed E-state index contributed by atoms with van der Waals surface area (Å²) in [6.07, 6.45) is 1.61. The summed E-state index contributed by atoms with van der Waals surface area (Å²) >= 11 is 6.01. The SMILES string of the molecule is COc1ccc(Cl)cc1NC(=O)c1ccnc(NCCN2CCOCC2)c1. The van der Waals surface area contributed by atoms with E-state index in [1.807, 2.05) is 0 Å². The zero-order valence-electron chi connectivity index (χ0n) is 15.2. The molecule has 1 amide bonds. The van der Waals surface area contributed by atoms with E-state index < -0.39 is 0 Å². The number of rotatable bonds is 7. The largest absolute Gasteiger partial charge is 0.495 e. The lowest BCUT2D eigenvalue weighted by Crippen LogP contribution is -2.39. The molecule has 0 spiro atoms. The van der Waals surface area contributed by atoms with Crippen LogP contribution < -0.4 is 15.4 Å². The standard InChI is InChI=1S/C19H23ClN4O3/c1-26-17-3-2-15(20)13-16(17)23-19(25)14-4-5-21-18(12-14)22-6-7-24-8-10-27-11-9-24/h2-5,12-13H,6-11H2,1H3,(H,21,22)(H,23,25). The van der Waals surface area contributed by atoms with Gasteiger partial charge in [-0.3, -0.25) is 9.69 Å². The van der Waals surface area contributed by atoms with E-state index in [-0.39, 0.29) is 5.91 Å². The lowest BCUT2D eigenvalue weighted by Gasteiger charge is -2.26. The zero-order chi connectivity index (χ0) is 19.1. The van der Waals surface area contributed by atoms with Crippen LogP contribution in [0.4, 0.5) is 11.5 Å². The molecule has 1 aliphatic heterocycles. The van der Waals surface area contributed by atoms with Gasteiger partial charge in [-0.2, -0.15) is 0 Å². The lowest BCUT2D eigenvalue weighted by atomic mass is 10.2. The third kappa shape index (κ3) is 5.56. The Morgan fingerprint density at radius 3 is 2.89 bits per heavy atom. The molecule has 3 rings (SSSR count). The fourth-order valence-electron chi connectivity index (χ4n) is 2.81. The quantitative estimate of drug-likeness (QED) is 0.757. The summed E-state index contributed by atoms with van der Waals surface area (Å²) in [6, 6.07) is 8.47. The summed E-state index contributed by atoms with van der Waals surface area (Å²) in [5, 5.41) is 6.61. The van der Waals surface area contributed by atoms with E-state index in [0.717, 1.165) is 39.4 Å². The number of nitrogens with one attached hydrogen (secondary N) is 2. The molecule has 0 aliphatic carbocycles. The number of morpholine rings is 1. The van der Waals surface area contributed by atoms with Gasteiger partial charge in [-0.05, 0) is 30.3 Å². The monoisotopic (exact) mass is 390 g/mol. The van der Waals surface area contributed by atoms with Gasteiger partial charge in [0.05, 0.1) is 26.0 Å². The van der Waals surface area contributed by atoms with Crippen molar-refractivity contribution in [2.45, 2.75) is 0 Å². The van der Waals surface area contributed by atoms with Crippen LogP contribution in [0.3, 0.4) is 0 Å². The minimum Gasteiger partial charge on any atom is -0.495 e. The Balaban J connectivity index is 1.59. The number of amides is 1. The highest BCUT2D eigenvalue weighted by molar-refractivity contribution is 6.31. The molecule has 0 bridgehead atoms. The highest BCUT2D eigenvalue weighted by Crippen LogP contribution is 2.28. The number of benzene rings is 1. The normalized spacial score (nSPS) is 14.6. The number of aromatic nitrogens is 1. The van der Waals surface area contributed by atoms with Crippen LogP contribution in [-0.4, -0.2) is 62.3 Å². The average Bonchev–Trinajstić information content (AvgIpc) is 2.69. The van der Waals surface area contributed by atoms with Gasteiger partial charge in [0.2, 0.25) is 0 Å². The fourth-order valence-corrected chi connectivity index (χ4v) is 2.98. The first kappa shape index (κ1) is 19.4. The number of hydrogen-bond acceptors (Lipinski definition) is 6. The molecule has 1 aliphatic rings. The molecule has 1 aromatic heterocycles. The molecule has 1 aromatic carbocycles. The highest BCUT2D eigenvalue weighted by Gasteiger charge is 2.12. The molecule has 7 nitrogen and oxygen atoms in total. The van der Waals surface area contributed by atoms with E-state index in [1.165, 1.54) is 0 Å². The van der Waals surface area contributed by atoms with Gasteiger partial charge >= 0.3 is 0 Å². The van der Waals surface area contributed by atoms with Crippen molar-refractivity contribution in [1.29, 1.82) is 0 Å². The van der Waals surface area contributed by atoms with Gasteiger partial charge < -0.3 is 20.1 Å². The van der Waals surface area contributed by atoms with E-state index in [0.29, 0.717) is 27.8 Å². The second-order valence-electron chi connectivity index (χ2n) is 6.11. The number of halogens is 1. The van der Waals surface area contributed by atoms with Crippen molar-refractivity contribution in [3.8, 4) is 5.75 Å². The van der Waals surface area contributed by atoms with Crippen molar-refractivity contribution in [3.63, 3.8) is 0 Å². The van der Waals surface area contributed by atoms with Crippen LogP contribution in [0.25, 0.3) is 0 Å². The summed E-state index contributed by atoms with van der Waals surface area (Å²) in [6.45, 7) is 5.10. The molecule has 0 atom stereocenters. The van der Waals surface area contributed by atoms with Gasteiger partial charge in [-0.15, -0.1) is 0 Å². The molecule has 2 N–H and O–H groups in total. The first-order valence-electron chi connectivity index (χ1n) is 8.80. The first-order valence-corrected chi connectivity index (χ1v) is 9.18. The minimum atomic E-state index is -0.255. The minimum absolute atomic E-state index is 0.255. The van der Waals surface area contributed by atoms with Gasteiger partial charge in [-0.25, -0.2) is 4.98 Å². The summed E-state index contributed by atoms with van der Waals surface area (Å²) in [7, 11) is 1.54. The van der Waals surface area contributed by atoms with Gasteiger partial charge in [0.15, 0.2) is 0 Å². The van der Waals surface area contributed by atoms with Crippen molar-refractivity contribution in [2.75, 3.05) is 57.1 Å². The van der Waals surface area contributed by atoms with E-state index in [1.54, 1.807) is 43.6 Å². The predicted molar refractivity (Wildman–Crippen MR) is 106 cm³/mol. The Morgan fingerprint density at radius 1 is 1.30 bits per heavy atom. The molecule has 0 radical (unpaired) electrons. The number of methoxy groups -OCH3 is 1. The number of pyridine rings is 1. The summed E-state index contributed by atoms with van der Waals surface area (Å²) in [4.78, 5) is 19.2. The molecule has 8 heteroatoms. The van der Waals surface area contributed by atoms with Crippen LogP contribution in [0.2, 0.25) is 5.02 Å². The number of carbonyl (C=O) groups is 1. The average molecular weight is 391 g/mol. The second-order valence-corrected chi connectivity index (χ2v) is 6.55. The summed E-state index contributed by atoms with van der Waals surface area (Å²) in [5.74, 6) is 0.953. The van der Waals surface area contributed by atoms with Crippen molar-refractivity contribution in [3.05, 3.63) is 47.1 Å². The van der Waals surface area contributed by atoms with Gasteiger partial charge in [-0.1, -0.05) is 11.6 Å². The molecule has 27 heavy (non-hydrogen) atoms. The molecule has 0 unspecified atom stereocenters. The van der Waals surface area contributed by atoms with E-state index in [2.05, 4.69) is 20.5 Å². The Morgan fingerprint density at radius 2 is 2.11 bits per heavy atom. The molecule has 0 saturated carbocycles. The lowest BCUT2D eigenvalue weighted by molar-refractivity contribution is 0.0398. The zero-order valence-corrected chi connectivity index (χ0v) is 16.0. The van der Waals surface area contributed by atoms with Gasteiger partial charge in [0.1, 0.15) is 11.6 Å². The maximum absolute atomic E-state index is 12.6. The Kier molecular flexibility index (Phi) is 6.86. The van der Waals surface area contributed by atoms with Crippen LogP contribution in [0.5, 0.6) is 5.75 Å². The molecule has 2 aromatic rings. The summed E-state index contributed by atoms with van der Waals surface area (Å²) in [5.41, 5.74) is 1.02. The Hall–Kier alpha value is -2.35. The van der Waals surface area contributed by atoms with E-state index in [4.69, 9.17) is 21.1 Å². The maximum Gasteiger partial charge on any atom is 0.255 e. The van der Waals surface area contributed by atoms with Crippen LogP contribution in [0.1, 0.15) is 10.4 Å². The summed E-state index contributed by atoms with van der Waals surface area (Å²) < 4.78 is 10.6. The smallest absolute Gasteiger partial charge is 0.255 e. The van der Waals surface area contributed by atoms with Gasteiger partial charge in [0, 0.05) is 43.0 Å². The van der Waals surface area contributed by atoms with Crippen molar-refractivity contribution >= 4 is 29.0 Å². The number of carbonyl (C=O) groups excluding carboxylic acids is 1. The third-order valence-corrected chi connectivity index (χ3v) is 4.50. The molecule has 144 valence electrons. The first-order chi connectivity index (χ1) is 13.2. The number of ether oxygens (including phenoxy) is 2. The maximum atomic E-state index is 12.6. The van der Waals surface area contributed by atoms with Crippen molar-refractivity contribution < 1.29 is 14.3 Å². The molecule has 1 fully saturated rings. The van der Waals surface area contributed by atoms with Crippen molar-refractivity contribution in [2.24, 2.45) is 0 Å². The third-order valence-electron chi connectivity index (χ3n) is 4.27. The number of anilines is 2. The highest BCUT2D eigenvalue weighted by atomic mass is 35.5. The molecular weight excluding hydrogens is 368 g/mol. The van der Waals surface area contributed by atoms with Gasteiger partial charge in [0.25, 0.3) is 5.91 Å². The Labute approximate surface area is 163 Å².